The molecule has 1 unspecified atom stereocenters. The van der Waals surface area contributed by atoms with Crippen molar-refractivity contribution in [2.24, 2.45) is 0 Å². The van der Waals surface area contributed by atoms with Gasteiger partial charge in [-0.1, -0.05) is 0 Å². The molecule has 1 saturated carbocycles. The van der Waals surface area contributed by atoms with Gasteiger partial charge in [0, 0.05) is 18.1 Å². The van der Waals surface area contributed by atoms with Crippen LogP contribution in [0.1, 0.15) is 52.9 Å². The highest BCUT2D eigenvalue weighted by Crippen LogP contribution is 2.21. The van der Waals surface area contributed by atoms with Crippen molar-refractivity contribution in [3.63, 3.8) is 0 Å². The number of hydrogen-bond acceptors (Lipinski definition) is 5. The van der Waals surface area contributed by atoms with E-state index >= 15 is 0 Å². The molecule has 1 aliphatic heterocycles. The van der Waals surface area contributed by atoms with Gasteiger partial charge in [-0.05, 0) is 52.9 Å². The molecule has 0 spiro atoms. The highest BCUT2D eigenvalue weighted by Gasteiger charge is 2.31. The average molecular weight is 332 g/mol. The Morgan fingerprint density at radius 1 is 1.00 bits per heavy atom. The first-order chi connectivity index (χ1) is 10.1. The SMILES string of the molecule is CC(C)(C)OC(=O)NC1CCC(NC2CCS(=O)(=O)C2)CC1. The number of carbonyl (C=O) groups is 1. The minimum Gasteiger partial charge on any atom is -0.444 e. The molecule has 0 bridgehead atoms. The predicted molar refractivity (Wildman–Crippen MR) is 85.6 cm³/mol. The molecule has 1 amide bonds. The van der Waals surface area contributed by atoms with Gasteiger partial charge >= 0.3 is 6.09 Å². The first-order valence-corrected chi connectivity index (χ1v) is 9.91. The number of alkyl carbamates (subject to hydrolysis) is 1. The zero-order valence-electron chi connectivity index (χ0n) is 13.7. The summed E-state index contributed by atoms with van der Waals surface area (Å²) >= 11 is 0. The van der Waals surface area contributed by atoms with Crippen LogP contribution < -0.4 is 10.6 Å². The van der Waals surface area contributed by atoms with E-state index in [9.17, 15) is 13.2 Å². The summed E-state index contributed by atoms with van der Waals surface area (Å²) in [7, 11) is -2.83. The quantitative estimate of drug-likeness (QED) is 0.820. The van der Waals surface area contributed by atoms with Crippen molar-refractivity contribution >= 4 is 15.9 Å². The Bertz CT molecular complexity index is 490. The van der Waals surface area contributed by atoms with Gasteiger partial charge in [0.1, 0.15) is 5.60 Å². The van der Waals surface area contributed by atoms with E-state index in [-0.39, 0.29) is 23.9 Å². The summed E-state index contributed by atoms with van der Waals surface area (Å²) in [6, 6.07) is 0.612. The number of rotatable bonds is 3. The van der Waals surface area contributed by atoms with E-state index in [1.54, 1.807) is 0 Å². The van der Waals surface area contributed by atoms with Gasteiger partial charge in [-0.2, -0.15) is 0 Å². The van der Waals surface area contributed by atoms with E-state index in [1.165, 1.54) is 0 Å². The van der Waals surface area contributed by atoms with Crippen LogP contribution in [0, 0.1) is 0 Å². The summed E-state index contributed by atoms with van der Waals surface area (Å²) in [5.74, 6) is 0.573. The highest BCUT2D eigenvalue weighted by molar-refractivity contribution is 7.91. The fourth-order valence-electron chi connectivity index (χ4n) is 3.14. The van der Waals surface area contributed by atoms with Gasteiger partial charge in [-0.25, -0.2) is 13.2 Å². The third-order valence-corrected chi connectivity index (χ3v) is 5.92. The van der Waals surface area contributed by atoms with E-state index in [2.05, 4.69) is 10.6 Å². The Labute approximate surface area is 133 Å². The lowest BCUT2D eigenvalue weighted by atomic mass is 9.90. The molecule has 0 aromatic heterocycles. The molecule has 0 aromatic carbocycles. The van der Waals surface area contributed by atoms with Crippen LogP contribution in [-0.2, 0) is 14.6 Å². The number of ether oxygens (including phenoxy) is 1. The Morgan fingerprint density at radius 3 is 2.09 bits per heavy atom. The third kappa shape index (κ3) is 5.76. The minimum absolute atomic E-state index is 0.102. The van der Waals surface area contributed by atoms with Gasteiger partial charge in [0.25, 0.3) is 0 Å². The lowest BCUT2D eigenvalue weighted by molar-refractivity contribution is 0.0489. The largest absolute Gasteiger partial charge is 0.444 e. The number of sulfone groups is 1. The molecule has 0 aromatic rings. The molecular weight excluding hydrogens is 304 g/mol. The van der Waals surface area contributed by atoms with Crippen LogP contribution in [0.3, 0.4) is 0 Å². The standard InChI is InChI=1S/C15H28N2O4S/c1-15(2,3)21-14(18)17-12-6-4-11(5-7-12)16-13-8-9-22(19,20)10-13/h11-13,16H,4-10H2,1-3H3,(H,17,18). The second-order valence-corrected chi connectivity index (χ2v) is 9.69. The van der Waals surface area contributed by atoms with Gasteiger partial charge in [0.15, 0.2) is 9.84 Å². The maximum atomic E-state index is 11.7. The molecule has 2 rings (SSSR count). The van der Waals surface area contributed by atoms with Gasteiger partial charge < -0.3 is 15.4 Å². The zero-order valence-corrected chi connectivity index (χ0v) is 14.5. The normalized spacial score (nSPS) is 31.7. The molecule has 22 heavy (non-hydrogen) atoms. The van der Waals surface area contributed by atoms with Crippen molar-refractivity contribution in [3.8, 4) is 0 Å². The Kier molecular flexibility index (Phi) is 5.37. The van der Waals surface area contributed by atoms with Crippen LogP contribution in [0.4, 0.5) is 4.79 Å². The molecule has 1 saturated heterocycles. The summed E-state index contributed by atoms with van der Waals surface area (Å²) in [5, 5.41) is 6.38. The summed E-state index contributed by atoms with van der Waals surface area (Å²) in [6.45, 7) is 5.55. The lowest BCUT2D eigenvalue weighted by Gasteiger charge is -2.32. The summed E-state index contributed by atoms with van der Waals surface area (Å²) in [4.78, 5) is 11.7. The molecular formula is C15H28N2O4S. The van der Waals surface area contributed by atoms with Crippen LogP contribution in [0.5, 0.6) is 0 Å². The van der Waals surface area contributed by atoms with Gasteiger partial charge in [-0.15, -0.1) is 0 Å². The highest BCUT2D eigenvalue weighted by atomic mass is 32.2. The Balaban J connectivity index is 1.69. The minimum atomic E-state index is -2.83. The molecule has 2 fully saturated rings. The van der Waals surface area contributed by atoms with Crippen molar-refractivity contribution in [3.05, 3.63) is 0 Å². The van der Waals surface area contributed by atoms with Crippen LogP contribution in [-0.4, -0.2) is 49.7 Å². The average Bonchev–Trinajstić information content (AvgIpc) is 2.69. The molecule has 2 N–H and O–H groups in total. The maximum absolute atomic E-state index is 11.7. The Morgan fingerprint density at radius 2 is 1.59 bits per heavy atom. The fraction of sp³-hybridized carbons (Fsp3) is 0.933. The molecule has 2 aliphatic rings. The monoisotopic (exact) mass is 332 g/mol. The van der Waals surface area contributed by atoms with E-state index in [0.717, 1.165) is 32.1 Å². The third-order valence-electron chi connectivity index (χ3n) is 4.15. The van der Waals surface area contributed by atoms with Crippen molar-refractivity contribution < 1.29 is 17.9 Å². The van der Waals surface area contributed by atoms with Crippen LogP contribution in [0.2, 0.25) is 0 Å². The molecule has 0 radical (unpaired) electrons. The molecule has 6 nitrogen and oxygen atoms in total. The van der Waals surface area contributed by atoms with Crippen molar-refractivity contribution in [1.29, 1.82) is 0 Å². The number of hydrogen-bond donors (Lipinski definition) is 2. The summed E-state index contributed by atoms with van der Waals surface area (Å²) in [5.41, 5.74) is -0.475. The number of carbonyl (C=O) groups excluding carboxylic acids is 1. The van der Waals surface area contributed by atoms with E-state index < -0.39 is 15.4 Å². The van der Waals surface area contributed by atoms with Crippen LogP contribution >= 0.6 is 0 Å². The summed E-state index contributed by atoms with van der Waals surface area (Å²) in [6.07, 6.45) is 4.07. The number of nitrogens with one attached hydrogen (secondary N) is 2. The predicted octanol–water partition coefficient (Wildman–Crippen LogP) is 1.60. The molecule has 1 heterocycles. The number of amides is 1. The molecule has 128 valence electrons. The zero-order chi connectivity index (χ0) is 16.4. The van der Waals surface area contributed by atoms with Gasteiger partial charge in [0.2, 0.25) is 0 Å². The maximum Gasteiger partial charge on any atom is 0.407 e. The van der Waals surface area contributed by atoms with Crippen LogP contribution in [0.15, 0.2) is 0 Å². The summed E-state index contributed by atoms with van der Waals surface area (Å²) < 4.78 is 28.2. The Hall–Kier alpha value is -0.820. The second kappa shape index (κ2) is 6.74. The molecule has 1 aliphatic carbocycles. The van der Waals surface area contributed by atoms with Gasteiger partial charge in [0.05, 0.1) is 11.5 Å². The molecule has 1 atom stereocenters. The van der Waals surface area contributed by atoms with E-state index in [0.29, 0.717) is 11.8 Å². The lowest BCUT2D eigenvalue weighted by Crippen LogP contribution is -2.46. The van der Waals surface area contributed by atoms with E-state index in [4.69, 9.17) is 4.74 Å². The van der Waals surface area contributed by atoms with Crippen molar-refractivity contribution in [2.75, 3.05) is 11.5 Å². The topological polar surface area (TPSA) is 84.5 Å². The van der Waals surface area contributed by atoms with Crippen molar-refractivity contribution in [2.45, 2.75) is 76.6 Å². The van der Waals surface area contributed by atoms with E-state index in [1.807, 2.05) is 20.8 Å². The first kappa shape index (κ1) is 17.5. The van der Waals surface area contributed by atoms with Crippen LogP contribution in [0.25, 0.3) is 0 Å². The van der Waals surface area contributed by atoms with Crippen molar-refractivity contribution in [1.82, 2.24) is 10.6 Å². The van der Waals surface area contributed by atoms with Gasteiger partial charge in [-0.3, -0.25) is 0 Å². The fourth-order valence-corrected chi connectivity index (χ4v) is 4.82. The second-order valence-electron chi connectivity index (χ2n) is 7.46. The molecule has 7 heteroatoms. The smallest absolute Gasteiger partial charge is 0.407 e. The first-order valence-electron chi connectivity index (χ1n) is 8.09.